The molecule has 0 aliphatic rings. The Balaban J connectivity index is 2.46. The van der Waals surface area contributed by atoms with Gasteiger partial charge in [-0.2, -0.15) is 0 Å². The van der Waals surface area contributed by atoms with Gasteiger partial charge in [0.05, 0.1) is 12.8 Å². The van der Waals surface area contributed by atoms with Gasteiger partial charge in [0.1, 0.15) is 16.0 Å². The number of halogens is 1. The molecule has 2 aromatic rings. The number of H-pyrrole nitrogens is 1. The van der Waals surface area contributed by atoms with Crippen molar-refractivity contribution in [1.29, 1.82) is 0 Å². The van der Waals surface area contributed by atoms with Crippen molar-refractivity contribution >= 4 is 15.9 Å². The quantitative estimate of drug-likeness (QED) is 0.940. The van der Waals surface area contributed by atoms with Crippen LogP contribution < -0.4 is 10.3 Å². The molecule has 0 aliphatic carbocycles. The molecule has 19 heavy (non-hydrogen) atoms. The molecule has 100 valence electrons. The Kier molecular flexibility index (Phi) is 4.37. The summed E-state index contributed by atoms with van der Waals surface area (Å²) in [4.78, 5) is 19.1. The van der Waals surface area contributed by atoms with E-state index in [9.17, 15) is 4.79 Å². The third kappa shape index (κ3) is 3.04. The van der Waals surface area contributed by atoms with Gasteiger partial charge in [-0.25, -0.2) is 4.98 Å². The maximum absolute atomic E-state index is 11.9. The molecule has 0 radical (unpaired) electrons. The standard InChI is InChI=1S/C14H15BrN2O2/c1-3-4-11-12(15)14(18)17-13(16-11)9-5-7-10(19-2)8-6-9/h5-8H,3-4H2,1-2H3,(H,16,17,18). The van der Waals surface area contributed by atoms with E-state index in [0.29, 0.717) is 10.3 Å². The minimum Gasteiger partial charge on any atom is -0.497 e. The second-order valence-corrected chi connectivity index (χ2v) is 4.95. The number of nitrogens with one attached hydrogen (secondary N) is 1. The van der Waals surface area contributed by atoms with Gasteiger partial charge >= 0.3 is 0 Å². The SMILES string of the molecule is CCCc1nc(-c2ccc(OC)cc2)[nH]c(=O)c1Br. The second kappa shape index (κ2) is 6.02. The molecule has 0 spiro atoms. The molecule has 0 atom stereocenters. The Labute approximate surface area is 120 Å². The van der Waals surface area contributed by atoms with Crippen LogP contribution in [0.5, 0.6) is 5.75 Å². The van der Waals surface area contributed by atoms with E-state index in [1.54, 1.807) is 7.11 Å². The summed E-state index contributed by atoms with van der Waals surface area (Å²) in [6, 6.07) is 7.44. The van der Waals surface area contributed by atoms with Crippen molar-refractivity contribution in [3.63, 3.8) is 0 Å². The lowest BCUT2D eigenvalue weighted by atomic mass is 10.2. The summed E-state index contributed by atoms with van der Waals surface area (Å²) in [5.41, 5.74) is 1.50. The largest absolute Gasteiger partial charge is 0.497 e. The Hall–Kier alpha value is -1.62. The number of hydrogen-bond donors (Lipinski definition) is 1. The van der Waals surface area contributed by atoms with Crippen LogP contribution >= 0.6 is 15.9 Å². The van der Waals surface area contributed by atoms with Gasteiger partial charge in [0.2, 0.25) is 0 Å². The Morgan fingerprint density at radius 3 is 2.58 bits per heavy atom. The van der Waals surface area contributed by atoms with E-state index in [0.717, 1.165) is 29.8 Å². The summed E-state index contributed by atoms with van der Waals surface area (Å²) < 4.78 is 5.63. The maximum Gasteiger partial charge on any atom is 0.265 e. The Bertz CT molecular complexity index is 620. The van der Waals surface area contributed by atoms with E-state index in [-0.39, 0.29) is 5.56 Å². The number of hydrogen-bond acceptors (Lipinski definition) is 3. The average Bonchev–Trinajstić information content (AvgIpc) is 2.44. The van der Waals surface area contributed by atoms with Crippen LogP contribution in [0.15, 0.2) is 33.5 Å². The highest BCUT2D eigenvalue weighted by Gasteiger charge is 2.09. The number of aryl methyl sites for hydroxylation is 1. The van der Waals surface area contributed by atoms with Crippen molar-refractivity contribution in [2.24, 2.45) is 0 Å². The van der Waals surface area contributed by atoms with Crippen LogP contribution in [-0.2, 0) is 6.42 Å². The third-order valence-corrected chi connectivity index (χ3v) is 3.60. The number of aromatic nitrogens is 2. The molecule has 0 amide bonds. The predicted molar refractivity (Wildman–Crippen MR) is 78.5 cm³/mol. The van der Waals surface area contributed by atoms with Crippen LogP contribution in [-0.4, -0.2) is 17.1 Å². The number of nitrogens with zero attached hydrogens (tertiary/aromatic N) is 1. The highest BCUT2D eigenvalue weighted by molar-refractivity contribution is 9.10. The molecular formula is C14H15BrN2O2. The highest BCUT2D eigenvalue weighted by atomic mass is 79.9. The van der Waals surface area contributed by atoms with E-state index in [1.165, 1.54) is 0 Å². The van der Waals surface area contributed by atoms with Crippen LogP contribution in [0.3, 0.4) is 0 Å². The molecule has 0 unspecified atom stereocenters. The highest BCUT2D eigenvalue weighted by Crippen LogP contribution is 2.20. The number of ether oxygens (including phenoxy) is 1. The summed E-state index contributed by atoms with van der Waals surface area (Å²) in [5.74, 6) is 1.36. The normalized spacial score (nSPS) is 10.5. The molecule has 0 saturated heterocycles. The number of benzene rings is 1. The fourth-order valence-corrected chi connectivity index (χ4v) is 2.18. The zero-order valence-electron chi connectivity index (χ0n) is 10.9. The van der Waals surface area contributed by atoms with E-state index in [4.69, 9.17) is 4.74 Å². The lowest BCUT2D eigenvalue weighted by Gasteiger charge is -2.06. The number of rotatable bonds is 4. The van der Waals surface area contributed by atoms with Gasteiger partial charge in [0.25, 0.3) is 5.56 Å². The van der Waals surface area contributed by atoms with Gasteiger partial charge in [0.15, 0.2) is 0 Å². The van der Waals surface area contributed by atoms with Crippen LogP contribution in [0.1, 0.15) is 19.0 Å². The molecule has 1 aromatic heterocycles. The van der Waals surface area contributed by atoms with Gasteiger partial charge in [0, 0.05) is 5.56 Å². The molecule has 0 saturated carbocycles. The molecule has 0 aliphatic heterocycles. The number of methoxy groups -OCH3 is 1. The van der Waals surface area contributed by atoms with Crippen molar-refractivity contribution in [2.45, 2.75) is 19.8 Å². The molecule has 2 rings (SSSR count). The smallest absolute Gasteiger partial charge is 0.265 e. The van der Waals surface area contributed by atoms with E-state index in [1.807, 2.05) is 24.3 Å². The summed E-state index contributed by atoms with van der Waals surface area (Å²) in [6.45, 7) is 2.06. The zero-order valence-corrected chi connectivity index (χ0v) is 12.5. The van der Waals surface area contributed by atoms with Gasteiger partial charge < -0.3 is 9.72 Å². The first-order valence-corrected chi connectivity index (χ1v) is 6.88. The van der Waals surface area contributed by atoms with Crippen LogP contribution in [0.2, 0.25) is 0 Å². The first kappa shape index (κ1) is 13.8. The molecular weight excluding hydrogens is 308 g/mol. The molecule has 1 N–H and O–H groups in total. The molecule has 0 fully saturated rings. The minimum atomic E-state index is -0.149. The monoisotopic (exact) mass is 322 g/mol. The molecule has 0 bridgehead atoms. The summed E-state index contributed by atoms with van der Waals surface area (Å²) >= 11 is 3.28. The maximum atomic E-state index is 11.9. The van der Waals surface area contributed by atoms with Gasteiger partial charge in [-0.3, -0.25) is 4.79 Å². The van der Waals surface area contributed by atoms with Crippen molar-refractivity contribution < 1.29 is 4.74 Å². The van der Waals surface area contributed by atoms with E-state index in [2.05, 4.69) is 32.8 Å². The van der Waals surface area contributed by atoms with E-state index >= 15 is 0 Å². The van der Waals surface area contributed by atoms with Crippen molar-refractivity contribution in [2.75, 3.05) is 7.11 Å². The third-order valence-electron chi connectivity index (χ3n) is 2.78. The fraction of sp³-hybridized carbons (Fsp3) is 0.286. The first-order valence-electron chi connectivity index (χ1n) is 6.08. The van der Waals surface area contributed by atoms with Gasteiger partial charge in [-0.15, -0.1) is 0 Å². The van der Waals surface area contributed by atoms with Gasteiger partial charge in [-0.05, 0) is 46.6 Å². The second-order valence-electron chi connectivity index (χ2n) is 4.15. The van der Waals surface area contributed by atoms with Crippen LogP contribution in [0.25, 0.3) is 11.4 Å². The number of aromatic amines is 1. The Morgan fingerprint density at radius 1 is 1.32 bits per heavy atom. The van der Waals surface area contributed by atoms with Crippen molar-refractivity contribution in [1.82, 2.24) is 9.97 Å². The summed E-state index contributed by atoms with van der Waals surface area (Å²) in [6.07, 6.45) is 1.71. The fourth-order valence-electron chi connectivity index (χ4n) is 1.79. The van der Waals surface area contributed by atoms with Crippen LogP contribution in [0.4, 0.5) is 0 Å². The summed E-state index contributed by atoms with van der Waals surface area (Å²) in [5, 5.41) is 0. The average molecular weight is 323 g/mol. The van der Waals surface area contributed by atoms with Crippen molar-refractivity contribution in [3.05, 3.63) is 44.8 Å². The topological polar surface area (TPSA) is 55.0 Å². The lowest BCUT2D eigenvalue weighted by Crippen LogP contribution is -2.13. The molecule has 1 aromatic carbocycles. The summed E-state index contributed by atoms with van der Waals surface area (Å²) in [7, 11) is 1.62. The molecule has 5 heteroatoms. The van der Waals surface area contributed by atoms with E-state index < -0.39 is 0 Å². The molecule has 4 nitrogen and oxygen atoms in total. The predicted octanol–water partition coefficient (Wildman–Crippen LogP) is 3.16. The van der Waals surface area contributed by atoms with Gasteiger partial charge in [-0.1, -0.05) is 13.3 Å². The Morgan fingerprint density at radius 2 is 2.00 bits per heavy atom. The first-order chi connectivity index (χ1) is 9.15. The van der Waals surface area contributed by atoms with Crippen LogP contribution in [0, 0.1) is 0 Å². The zero-order chi connectivity index (χ0) is 13.8. The lowest BCUT2D eigenvalue weighted by molar-refractivity contribution is 0.415. The van der Waals surface area contributed by atoms with Crippen molar-refractivity contribution in [3.8, 4) is 17.1 Å². The minimum absolute atomic E-state index is 0.149. The molecule has 1 heterocycles.